The highest BCUT2D eigenvalue weighted by molar-refractivity contribution is 5.94. The van der Waals surface area contributed by atoms with Crippen LogP contribution in [0.2, 0.25) is 0 Å². The van der Waals surface area contributed by atoms with Gasteiger partial charge in [0.2, 0.25) is 5.56 Å². The van der Waals surface area contributed by atoms with E-state index in [4.69, 9.17) is 0 Å². The van der Waals surface area contributed by atoms with Crippen molar-refractivity contribution in [1.29, 1.82) is 0 Å². The van der Waals surface area contributed by atoms with E-state index in [1.807, 2.05) is 30.3 Å². The quantitative estimate of drug-likeness (QED) is 0.749. The van der Waals surface area contributed by atoms with Crippen LogP contribution in [0.1, 0.15) is 15.9 Å². The van der Waals surface area contributed by atoms with Gasteiger partial charge in [-0.05, 0) is 18.1 Å². The van der Waals surface area contributed by atoms with E-state index in [2.05, 4.69) is 10.3 Å². The van der Waals surface area contributed by atoms with E-state index in [0.717, 1.165) is 5.56 Å². The van der Waals surface area contributed by atoms with Gasteiger partial charge >= 0.3 is 0 Å². The largest absolute Gasteiger partial charge is 0.394 e. The number of carbonyl (C=O) groups excluding carboxylic acids is 1. The Kier molecular flexibility index (Phi) is 4.68. The van der Waals surface area contributed by atoms with Gasteiger partial charge in [-0.3, -0.25) is 9.59 Å². The van der Waals surface area contributed by atoms with Gasteiger partial charge in [0.05, 0.1) is 12.6 Å². The minimum absolute atomic E-state index is 0.163. The van der Waals surface area contributed by atoms with E-state index >= 15 is 0 Å². The van der Waals surface area contributed by atoms with Gasteiger partial charge in [-0.25, -0.2) is 0 Å². The Morgan fingerprint density at radius 3 is 2.65 bits per heavy atom. The van der Waals surface area contributed by atoms with Crippen molar-refractivity contribution in [2.75, 3.05) is 6.61 Å². The Morgan fingerprint density at radius 1 is 1.25 bits per heavy atom. The molecule has 1 heterocycles. The fraction of sp³-hybridized carbons (Fsp3) is 0.200. The summed E-state index contributed by atoms with van der Waals surface area (Å²) >= 11 is 0. The number of aliphatic hydroxyl groups excluding tert-OH is 1. The second kappa shape index (κ2) is 6.68. The zero-order valence-corrected chi connectivity index (χ0v) is 10.9. The number of hydrogen-bond donors (Lipinski definition) is 3. The Hall–Kier alpha value is -2.40. The first-order valence-electron chi connectivity index (χ1n) is 6.33. The standard InChI is InChI=1S/C15H16N2O3/c18-10-13(8-11-4-2-1-3-5-11)17-15(20)12-6-7-16-14(19)9-12/h1-7,9,13,18H,8,10H2,(H,16,19)(H,17,20). The summed E-state index contributed by atoms with van der Waals surface area (Å²) in [4.78, 5) is 25.6. The molecule has 20 heavy (non-hydrogen) atoms. The number of H-pyrrole nitrogens is 1. The van der Waals surface area contributed by atoms with Gasteiger partial charge in [0, 0.05) is 17.8 Å². The number of carbonyl (C=O) groups is 1. The zero-order valence-electron chi connectivity index (χ0n) is 10.9. The molecule has 0 aliphatic heterocycles. The highest BCUT2D eigenvalue weighted by Gasteiger charge is 2.13. The Morgan fingerprint density at radius 2 is 2.00 bits per heavy atom. The minimum atomic E-state index is -0.385. The van der Waals surface area contributed by atoms with Crippen molar-refractivity contribution in [3.05, 3.63) is 70.1 Å². The summed E-state index contributed by atoms with van der Waals surface area (Å²) in [5.41, 5.74) is 0.972. The smallest absolute Gasteiger partial charge is 0.251 e. The van der Waals surface area contributed by atoms with Gasteiger partial charge < -0.3 is 15.4 Å². The molecule has 5 nitrogen and oxygen atoms in total. The topological polar surface area (TPSA) is 82.2 Å². The second-order valence-corrected chi connectivity index (χ2v) is 4.48. The van der Waals surface area contributed by atoms with Crippen LogP contribution in [-0.4, -0.2) is 28.6 Å². The first-order valence-corrected chi connectivity index (χ1v) is 6.33. The van der Waals surface area contributed by atoms with Crippen LogP contribution in [0.4, 0.5) is 0 Å². The highest BCUT2D eigenvalue weighted by Crippen LogP contribution is 2.04. The van der Waals surface area contributed by atoms with Crippen LogP contribution in [0.3, 0.4) is 0 Å². The third-order valence-electron chi connectivity index (χ3n) is 2.92. The van der Waals surface area contributed by atoms with Crippen LogP contribution in [0, 0.1) is 0 Å². The summed E-state index contributed by atoms with van der Waals surface area (Å²) in [5.74, 6) is -0.369. The molecular weight excluding hydrogens is 256 g/mol. The number of hydrogen-bond acceptors (Lipinski definition) is 3. The monoisotopic (exact) mass is 272 g/mol. The molecule has 1 unspecified atom stereocenters. The van der Waals surface area contributed by atoms with Crippen molar-refractivity contribution in [2.24, 2.45) is 0 Å². The molecule has 5 heteroatoms. The molecule has 3 N–H and O–H groups in total. The molecule has 1 amide bonds. The summed E-state index contributed by atoms with van der Waals surface area (Å²) < 4.78 is 0. The number of amides is 1. The fourth-order valence-electron chi connectivity index (χ4n) is 1.91. The molecule has 0 aliphatic rings. The van der Waals surface area contributed by atoms with Crippen LogP contribution < -0.4 is 10.9 Å². The molecule has 1 aromatic heterocycles. The maximum absolute atomic E-state index is 12.0. The molecule has 0 saturated carbocycles. The van der Waals surface area contributed by atoms with Crippen molar-refractivity contribution in [3.63, 3.8) is 0 Å². The maximum atomic E-state index is 12.0. The molecule has 104 valence electrons. The lowest BCUT2D eigenvalue weighted by Crippen LogP contribution is -2.39. The predicted molar refractivity (Wildman–Crippen MR) is 75.5 cm³/mol. The van der Waals surface area contributed by atoms with Gasteiger partial charge in [-0.1, -0.05) is 30.3 Å². The van der Waals surface area contributed by atoms with E-state index in [9.17, 15) is 14.7 Å². The lowest BCUT2D eigenvalue weighted by atomic mass is 10.1. The minimum Gasteiger partial charge on any atom is -0.394 e. The average molecular weight is 272 g/mol. The molecular formula is C15H16N2O3. The highest BCUT2D eigenvalue weighted by atomic mass is 16.3. The van der Waals surface area contributed by atoms with Crippen molar-refractivity contribution in [3.8, 4) is 0 Å². The number of benzene rings is 1. The summed E-state index contributed by atoms with van der Waals surface area (Å²) in [5, 5.41) is 12.1. The van der Waals surface area contributed by atoms with Crippen molar-refractivity contribution in [1.82, 2.24) is 10.3 Å². The van der Waals surface area contributed by atoms with Gasteiger partial charge in [-0.15, -0.1) is 0 Å². The molecule has 2 aromatic rings. The number of pyridine rings is 1. The molecule has 0 saturated heterocycles. The van der Waals surface area contributed by atoms with Crippen LogP contribution in [0.5, 0.6) is 0 Å². The summed E-state index contributed by atoms with van der Waals surface area (Å²) in [7, 11) is 0. The molecule has 0 aliphatic carbocycles. The van der Waals surface area contributed by atoms with Crippen LogP contribution in [0.25, 0.3) is 0 Å². The first kappa shape index (κ1) is 14.0. The van der Waals surface area contributed by atoms with Gasteiger partial charge in [0.1, 0.15) is 0 Å². The Balaban J connectivity index is 2.03. The third kappa shape index (κ3) is 3.80. The van der Waals surface area contributed by atoms with E-state index in [-0.39, 0.29) is 29.7 Å². The van der Waals surface area contributed by atoms with Crippen LogP contribution in [-0.2, 0) is 6.42 Å². The molecule has 1 atom stereocenters. The van der Waals surface area contributed by atoms with E-state index < -0.39 is 0 Å². The Labute approximate surface area is 116 Å². The molecule has 0 bridgehead atoms. The van der Waals surface area contributed by atoms with Crippen molar-refractivity contribution >= 4 is 5.91 Å². The van der Waals surface area contributed by atoms with Gasteiger partial charge in [0.25, 0.3) is 5.91 Å². The van der Waals surface area contributed by atoms with E-state index in [0.29, 0.717) is 6.42 Å². The molecule has 0 spiro atoms. The average Bonchev–Trinajstić information content (AvgIpc) is 2.47. The molecule has 2 rings (SSSR count). The van der Waals surface area contributed by atoms with Crippen molar-refractivity contribution in [2.45, 2.75) is 12.5 Å². The number of aromatic nitrogens is 1. The lowest BCUT2D eigenvalue weighted by molar-refractivity contribution is 0.0916. The zero-order chi connectivity index (χ0) is 14.4. The fourth-order valence-corrected chi connectivity index (χ4v) is 1.91. The number of aromatic amines is 1. The normalized spacial score (nSPS) is 11.8. The summed E-state index contributed by atoms with van der Waals surface area (Å²) in [6.07, 6.45) is 1.95. The van der Waals surface area contributed by atoms with E-state index in [1.54, 1.807) is 0 Å². The van der Waals surface area contributed by atoms with Crippen LogP contribution >= 0.6 is 0 Å². The molecule has 1 aromatic carbocycles. The number of nitrogens with one attached hydrogen (secondary N) is 2. The molecule has 0 fully saturated rings. The first-order chi connectivity index (χ1) is 9.69. The third-order valence-corrected chi connectivity index (χ3v) is 2.92. The predicted octanol–water partition coefficient (Wildman–Crippen LogP) is 0.708. The molecule has 0 radical (unpaired) electrons. The van der Waals surface area contributed by atoms with Crippen LogP contribution in [0.15, 0.2) is 53.5 Å². The maximum Gasteiger partial charge on any atom is 0.251 e. The SMILES string of the molecule is O=C(NC(CO)Cc1ccccc1)c1cc[nH]c(=O)c1. The Bertz CT molecular complexity index is 622. The number of aliphatic hydroxyl groups is 1. The summed E-state index contributed by atoms with van der Waals surface area (Å²) in [6.45, 7) is -0.163. The van der Waals surface area contributed by atoms with Gasteiger partial charge in [0.15, 0.2) is 0 Å². The van der Waals surface area contributed by atoms with Gasteiger partial charge in [-0.2, -0.15) is 0 Å². The van der Waals surface area contributed by atoms with Crippen molar-refractivity contribution < 1.29 is 9.90 Å². The summed E-state index contributed by atoms with van der Waals surface area (Å²) in [6, 6.07) is 11.9. The lowest BCUT2D eigenvalue weighted by Gasteiger charge is -2.16. The van der Waals surface area contributed by atoms with E-state index in [1.165, 1.54) is 18.3 Å². The number of rotatable bonds is 5. The second-order valence-electron chi connectivity index (χ2n) is 4.48.